The van der Waals surface area contributed by atoms with Gasteiger partial charge < -0.3 is 10.6 Å². The third kappa shape index (κ3) is 7.24. The van der Waals surface area contributed by atoms with E-state index in [1.54, 1.807) is 0 Å². The maximum Gasteiger partial charge on any atom is 0.0594 e. The van der Waals surface area contributed by atoms with Gasteiger partial charge in [-0.15, -0.1) is 23.5 Å². The highest BCUT2D eigenvalue weighted by molar-refractivity contribution is 8.01. The topological polar surface area (TPSA) is 48.1 Å². The fraction of sp³-hybridized carbons (Fsp3) is 0.294. The van der Waals surface area contributed by atoms with E-state index in [1.807, 2.05) is 23.5 Å². The van der Waals surface area contributed by atoms with E-state index in [0.29, 0.717) is 12.1 Å². The Morgan fingerprint density at radius 2 is 1.00 bits per heavy atom. The van der Waals surface area contributed by atoms with E-state index >= 15 is 0 Å². The third-order valence-corrected chi connectivity index (χ3v) is 9.89. The standard InChI is InChI=1S/2C17H20N2S/c2*1-12(16-11-20-17(2,3)19-16)18-15-9-8-13-6-4-5-7-14(13)10-15/h2*4-10,16,18-19H,1,11H2,2-3H3/t2*16-/m10/s1. The molecule has 0 spiro atoms. The maximum atomic E-state index is 4.19. The number of benzene rings is 4. The highest BCUT2D eigenvalue weighted by Crippen LogP contribution is 2.33. The Morgan fingerprint density at radius 1 is 0.625 bits per heavy atom. The molecule has 6 heteroatoms. The average Bonchev–Trinajstić information content (AvgIpc) is 3.49. The maximum absolute atomic E-state index is 4.19. The Balaban J connectivity index is 0.000000161. The van der Waals surface area contributed by atoms with Crippen LogP contribution in [0.25, 0.3) is 21.5 Å². The number of thioether (sulfide) groups is 2. The molecule has 0 radical (unpaired) electrons. The predicted molar refractivity (Wildman–Crippen MR) is 180 cm³/mol. The van der Waals surface area contributed by atoms with Crippen molar-refractivity contribution in [3.05, 3.63) is 109 Å². The van der Waals surface area contributed by atoms with Gasteiger partial charge in [0.15, 0.2) is 0 Å². The van der Waals surface area contributed by atoms with Crippen LogP contribution in [0.4, 0.5) is 11.4 Å². The molecule has 0 unspecified atom stereocenters. The molecule has 2 aliphatic rings. The van der Waals surface area contributed by atoms with E-state index < -0.39 is 0 Å². The highest BCUT2D eigenvalue weighted by atomic mass is 32.2. The Bertz CT molecular complexity index is 1410. The average molecular weight is 569 g/mol. The van der Waals surface area contributed by atoms with Crippen molar-refractivity contribution in [1.29, 1.82) is 0 Å². The second kappa shape index (κ2) is 11.9. The van der Waals surface area contributed by atoms with Gasteiger partial charge in [-0.05, 0) is 73.5 Å². The zero-order valence-electron chi connectivity index (χ0n) is 23.9. The van der Waals surface area contributed by atoms with Crippen molar-refractivity contribution in [3.63, 3.8) is 0 Å². The molecular weight excluding hydrogens is 529 g/mol. The summed E-state index contributed by atoms with van der Waals surface area (Å²) in [4.78, 5) is 0.275. The number of fused-ring (bicyclic) bond motifs is 2. The highest BCUT2D eigenvalue weighted by Gasteiger charge is 2.33. The first kappa shape index (κ1) is 28.6. The van der Waals surface area contributed by atoms with Crippen molar-refractivity contribution in [2.45, 2.75) is 49.5 Å². The van der Waals surface area contributed by atoms with Gasteiger partial charge in [0.25, 0.3) is 0 Å². The first-order valence-electron chi connectivity index (χ1n) is 13.8. The van der Waals surface area contributed by atoms with Gasteiger partial charge in [-0.2, -0.15) is 0 Å². The summed E-state index contributed by atoms with van der Waals surface area (Å²) >= 11 is 3.87. The van der Waals surface area contributed by atoms with Gasteiger partial charge in [-0.25, -0.2) is 0 Å². The fourth-order valence-corrected chi connectivity index (χ4v) is 7.23. The molecule has 2 aliphatic heterocycles. The van der Waals surface area contributed by atoms with Crippen molar-refractivity contribution in [1.82, 2.24) is 10.6 Å². The summed E-state index contributed by atoms with van der Waals surface area (Å²) in [6.07, 6.45) is 0. The van der Waals surface area contributed by atoms with Crippen LogP contribution in [0.5, 0.6) is 0 Å². The zero-order chi connectivity index (χ0) is 28.3. The van der Waals surface area contributed by atoms with Crippen molar-refractivity contribution in [3.8, 4) is 0 Å². The lowest BCUT2D eigenvalue weighted by atomic mass is 10.1. The Hall–Kier alpha value is -2.90. The number of rotatable bonds is 6. The normalized spacial score (nSPS) is 21.0. The minimum absolute atomic E-state index is 0.138. The number of anilines is 2. The van der Waals surface area contributed by atoms with Crippen LogP contribution < -0.4 is 21.3 Å². The fourth-order valence-electron chi connectivity index (χ4n) is 5.04. The first-order valence-corrected chi connectivity index (χ1v) is 15.8. The molecule has 2 atom stereocenters. The summed E-state index contributed by atoms with van der Waals surface area (Å²) in [5.74, 6) is 2.12. The van der Waals surface area contributed by atoms with Crippen molar-refractivity contribution < 1.29 is 0 Å². The lowest BCUT2D eigenvalue weighted by Gasteiger charge is -2.21. The molecule has 2 heterocycles. The van der Waals surface area contributed by atoms with E-state index in [4.69, 9.17) is 0 Å². The van der Waals surface area contributed by atoms with E-state index in [0.717, 1.165) is 34.3 Å². The van der Waals surface area contributed by atoms with Crippen molar-refractivity contribution in [2.75, 3.05) is 22.1 Å². The van der Waals surface area contributed by atoms with Crippen LogP contribution in [0.1, 0.15) is 27.7 Å². The van der Waals surface area contributed by atoms with Crippen LogP contribution in [0.2, 0.25) is 0 Å². The van der Waals surface area contributed by atoms with Crippen LogP contribution in [0.3, 0.4) is 0 Å². The molecule has 2 fully saturated rings. The molecule has 0 amide bonds. The molecule has 4 N–H and O–H groups in total. The van der Waals surface area contributed by atoms with Gasteiger partial charge in [0.1, 0.15) is 0 Å². The van der Waals surface area contributed by atoms with Crippen LogP contribution in [0, 0.1) is 0 Å². The quantitative estimate of drug-likeness (QED) is 0.187. The monoisotopic (exact) mass is 568 g/mol. The number of nitrogens with one attached hydrogen (secondary N) is 4. The second-order valence-corrected chi connectivity index (χ2v) is 14.7. The molecule has 4 aromatic carbocycles. The van der Waals surface area contributed by atoms with Gasteiger partial charge in [0.05, 0.1) is 21.8 Å². The molecule has 0 aromatic heterocycles. The second-order valence-electron chi connectivity index (χ2n) is 11.5. The van der Waals surface area contributed by atoms with Gasteiger partial charge in [-0.3, -0.25) is 10.6 Å². The Morgan fingerprint density at radius 3 is 1.35 bits per heavy atom. The molecule has 6 rings (SSSR count). The molecular formula is C34H40N4S2. The summed E-state index contributed by atoms with van der Waals surface area (Å²) in [6, 6.07) is 30.3. The largest absolute Gasteiger partial charge is 0.358 e. The van der Waals surface area contributed by atoms with Gasteiger partial charge in [-0.1, -0.05) is 73.8 Å². The lowest BCUT2D eigenvalue weighted by Crippen LogP contribution is -2.38. The van der Waals surface area contributed by atoms with Crippen molar-refractivity contribution >= 4 is 56.4 Å². The minimum atomic E-state index is 0.138. The van der Waals surface area contributed by atoms with E-state index in [-0.39, 0.29) is 9.74 Å². The summed E-state index contributed by atoms with van der Waals surface area (Å²) < 4.78 is 0. The van der Waals surface area contributed by atoms with E-state index in [1.165, 1.54) is 21.5 Å². The lowest BCUT2D eigenvalue weighted by molar-refractivity contribution is 0.531. The SMILES string of the molecule is C=C(Nc1ccc2ccccc2c1)[C@@H]1CSC(C)(C)N1.C=C(Nc1ccc2ccccc2c1)[C@H]1CSC(C)(C)N1. The Kier molecular flexibility index (Phi) is 8.52. The smallest absolute Gasteiger partial charge is 0.0594 e. The number of hydrogen-bond acceptors (Lipinski definition) is 6. The molecule has 0 saturated carbocycles. The number of hydrogen-bond donors (Lipinski definition) is 4. The summed E-state index contributed by atoms with van der Waals surface area (Å²) in [5.41, 5.74) is 4.28. The van der Waals surface area contributed by atoms with Gasteiger partial charge in [0.2, 0.25) is 0 Å². The zero-order valence-corrected chi connectivity index (χ0v) is 25.5. The van der Waals surface area contributed by atoms with Crippen molar-refractivity contribution in [2.24, 2.45) is 0 Å². The summed E-state index contributed by atoms with van der Waals surface area (Å²) in [5, 5.41) is 19.1. The first-order chi connectivity index (χ1) is 19.1. The molecule has 4 nitrogen and oxygen atoms in total. The molecule has 40 heavy (non-hydrogen) atoms. The molecule has 0 aliphatic carbocycles. The summed E-state index contributed by atoms with van der Waals surface area (Å²) in [6.45, 7) is 17.2. The van der Waals surface area contributed by atoms with E-state index in [9.17, 15) is 0 Å². The molecule has 208 valence electrons. The Labute approximate surface area is 247 Å². The predicted octanol–water partition coefficient (Wildman–Crippen LogP) is 8.41. The van der Waals surface area contributed by atoms with Gasteiger partial charge in [0, 0.05) is 34.3 Å². The summed E-state index contributed by atoms with van der Waals surface area (Å²) in [7, 11) is 0. The third-order valence-electron chi connectivity index (χ3n) is 7.22. The van der Waals surface area contributed by atoms with Crippen LogP contribution in [0.15, 0.2) is 109 Å². The molecule has 4 aromatic rings. The molecule has 2 saturated heterocycles. The van der Waals surface area contributed by atoms with Crippen LogP contribution >= 0.6 is 23.5 Å². The molecule has 0 bridgehead atoms. The van der Waals surface area contributed by atoms with Crippen LogP contribution in [-0.4, -0.2) is 33.3 Å². The minimum Gasteiger partial charge on any atom is -0.358 e. The van der Waals surface area contributed by atoms with Crippen LogP contribution in [-0.2, 0) is 0 Å². The van der Waals surface area contributed by atoms with Gasteiger partial charge >= 0.3 is 0 Å². The van der Waals surface area contributed by atoms with E-state index in [2.05, 4.69) is 147 Å².